The largest absolute Gasteiger partial charge is 0.393 e. The van der Waals surface area contributed by atoms with Crippen molar-refractivity contribution in [2.45, 2.75) is 47.6 Å². The summed E-state index contributed by atoms with van der Waals surface area (Å²) in [6, 6.07) is 10.1. The molecule has 25 heavy (non-hydrogen) atoms. The van der Waals surface area contributed by atoms with Crippen LogP contribution in [0.15, 0.2) is 46.3 Å². The standard InChI is InChI=1S/C19H21N3O2S/c1-22-15-11-20-18(21-12-6-8-13(23)9-7-12)10-17(15)25-16-5-3-2-4-14(16)19(22)24/h2-5,10-13,23H,6-9H2,1H3,(H,20,21). The average molecular weight is 355 g/mol. The van der Waals surface area contributed by atoms with Crippen molar-refractivity contribution >= 4 is 29.2 Å². The third kappa shape index (κ3) is 3.24. The predicted molar refractivity (Wildman–Crippen MR) is 99.4 cm³/mol. The van der Waals surface area contributed by atoms with Gasteiger partial charge in [-0.2, -0.15) is 0 Å². The normalized spacial score (nSPS) is 22.8. The first-order valence-corrected chi connectivity index (χ1v) is 9.43. The number of hydrogen-bond acceptors (Lipinski definition) is 5. The molecule has 1 fully saturated rings. The molecular weight excluding hydrogens is 334 g/mol. The van der Waals surface area contributed by atoms with Crippen LogP contribution in [0.3, 0.4) is 0 Å². The molecule has 130 valence electrons. The Labute approximate surface area is 151 Å². The van der Waals surface area contributed by atoms with Gasteiger partial charge < -0.3 is 15.3 Å². The number of aliphatic hydroxyl groups excluding tert-OH is 1. The zero-order valence-corrected chi connectivity index (χ0v) is 14.9. The van der Waals surface area contributed by atoms with E-state index >= 15 is 0 Å². The van der Waals surface area contributed by atoms with E-state index in [9.17, 15) is 9.90 Å². The minimum Gasteiger partial charge on any atom is -0.393 e. The first-order chi connectivity index (χ1) is 12.1. The lowest BCUT2D eigenvalue weighted by Gasteiger charge is -2.27. The van der Waals surface area contributed by atoms with Gasteiger partial charge in [-0.05, 0) is 43.9 Å². The Morgan fingerprint density at radius 1 is 1.20 bits per heavy atom. The van der Waals surface area contributed by atoms with Gasteiger partial charge in [-0.15, -0.1) is 0 Å². The zero-order chi connectivity index (χ0) is 17.4. The summed E-state index contributed by atoms with van der Waals surface area (Å²) in [5.74, 6) is 0.818. The summed E-state index contributed by atoms with van der Waals surface area (Å²) in [4.78, 5) is 20.9. The van der Waals surface area contributed by atoms with Crippen molar-refractivity contribution in [1.29, 1.82) is 0 Å². The summed E-state index contributed by atoms with van der Waals surface area (Å²) in [6.07, 6.45) is 5.18. The second-order valence-electron chi connectivity index (χ2n) is 6.65. The number of benzene rings is 1. The Balaban J connectivity index is 1.62. The predicted octanol–water partition coefficient (Wildman–Crippen LogP) is 3.54. The molecule has 1 aliphatic carbocycles. The summed E-state index contributed by atoms with van der Waals surface area (Å²) in [7, 11) is 1.79. The third-order valence-corrected chi connectivity index (χ3v) is 6.02. The Kier molecular flexibility index (Phi) is 4.39. The fourth-order valence-electron chi connectivity index (χ4n) is 3.41. The number of nitrogens with zero attached hydrogens (tertiary/aromatic N) is 2. The number of aliphatic hydroxyl groups is 1. The first kappa shape index (κ1) is 16.4. The Morgan fingerprint density at radius 3 is 2.76 bits per heavy atom. The van der Waals surface area contributed by atoms with E-state index in [2.05, 4.69) is 10.3 Å². The number of anilines is 2. The van der Waals surface area contributed by atoms with Gasteiger partial charge in [0.25, 0.3) is 5.91 Å². The number of rotatable bonds is 2. The molecule has 0 unspecified atom stereocenters. The van der Waals surface area contributed by atoms with Crippen molar-refractivity contribution < 1.29 is 9.90 Å². The van der Waals surface area contributed by atoms with Gasteiger partial charge in [-0.1, -0.05) is 23.9 Å². The number of nitrogens with one attached hydrogen (secondary N) is 1. The maximum atomic E-state index is 12.7. The van der Waals surface area contributed by atoms with E-state index in [1.54, 1.807) is 29.9 Å². The molecule has 2 heterocycles. The van der Waals surface area contributed by atoms with Crippen molar-refractivity contribution in [3.63, 3.8) is 0 Å². The van der Waals surface area contributed by atoms with Crippen LogP contribution in [-0.2, 0) is 0 Å². The summed E-state index contributed by atoms with van der Waals surface area (Å²) >= 11 is 1.60. The number of amides is 1. The van der Waals surface area contributed by atoms with E-state index in [-0.39, 0.29) is 12.0 Å². The molecule has 1 aromatic carbocycles. The molecule has 6 heteroatoms. The lowest BCUT2D eigenvalue weighted by Crippen LogP contribution is -2.29. The molecule has 5 nitrogen and oxygen atoms in total. The number of fused-ring (bicyclic) bond motifs is 2. The van der Waals surface area contributed by atoms with Crippen molar-refractivity contribution in [3.8, 4) is 0 Å². The van der Waals surface area contributed by atoms with Gasteiger partial charge in [0, 0.05) is 22.9 Å². The smallest absolute Gasteiger partial charge is 0.259 e. The van der Waals surface area contributed by atoms with Gasteiger partial charge in [-0.3, -0.25) is 4.79 Å². The minimum absolute atomic E-state index is 0.00868. The number of hydrogen-bond donors (Lipinski definition) is 2. The molecule has 0 bridgehead atoms. The maximum Gasteiger partial charge on any atom is 0.259 e. The number of aromatic nitrogens is 1. The van der Waals surface area contributed by atoms with Gasteiger partial charge in [0.2, 0.25) is 0 Å². The molecular formula is C19H21N3O2S. The van der Waals surface area contributed by atoms with Crippen LogP contribution in [-0.4, -0.2) is 35.2 Å². The van der Waals surface area contributed by atoms with E-state index in [1.807, 2.05) is 30.3 Å². The summed E-state index contributed by atoms with van der Waals surface area (Å²) in [5, 5.41) is 13.1. The first-order valence-electron chi connectivity index (χ1n) is 8.61. The van der Waals surface area contributed by atoms with Crippen molar-refractivity contribution in [1.82, 2.24) is 4.98 Å². The fraction of sp³-hybridized carbons (Fsp3) is 0.368. The summed E-state index contributed by atoms with van der Waals surface area (Å²) in [6.45, 7) is 0. The minimum atomic E-state index is -0.162. The quantitative estimate of drug-likeness (QED) is 0.863. The van der Waals surface area contributed by atoms with Gasteiger partial charge >= 0.3 is 0 Å². The van der Waals surface area contributed by atoms with Crippen molar-refractivity contribution in [2.75, 3.05) is 17.3 Å². The molecule has 2 aromatic rings. The zero-order valence-electron chi connectivity index (χ0n) is 14.1. The Hall–Kier alpha value is -2.05. The molecule has 1 saturated carbocycles. The van der Waals surface area contributed by atoms with Crippen molar-refractivity contribution in [2.24, 2.45) is 0 Å². The van der Waals surface area contributed by atoms with Crippen LogP contribution in [0, 0.1) is 0 Å². The molecule has 1 aromatic heterocycles. The SMILES string of the molecule is CN1C(=O)c2ccccc2Sc2cc(NC3CCC(O)CC3)ncc21. The lowest BCUT2D eigenvalue weighted by atomic mass is 9.93. The molecule has 0 radical (unpaired) electrons. The van der Waals surface area contributed by atoms with E-state index in [0.29, 0.717) is 6.04 Å². The lowest BCUT2D eigenvalue weighted by molar-refractivity contribution is 0.0990. The van der Waals surface area contributed by atoms with E-state index in [0.717, 1.165) is 52.5 Å². The molecule has 1 aliphatic heterocycles. The van der Waals surface area contributed by atoms with Gasteiger partial charge in [0.05, 0.1) is 23.6 Å². The summed E-state index contributed by atoms with van der Waals surface area (Å²) in [5.41, 5.74) is 1.55. The highest BCUT2D eigenvalue weighted by Crippen LogP contribution is 2.41. The number of carbonyl (C=O) groups excluding carboxylic acids is 1. The second kappa shape index (κ2) is 6.69. The molecule has 2 aliphatic rings. The molecule has 0 saturated heterocycles. The molecule has 0 spiro atoms. The Bertz CT molecular complexity index is 803. The Morgan fingerprint density at radius 2 is 1.96 bits per heavy atom. The monoisotopic (exact) mass is 355 g/mol. The van der Waals surface area contributed by atoms with Crippen LogP contribution in [0.4, 0.5) is 11.5 Å². The van der Waals surface area contributed by atoms with Crippen LogP contribution in [0.5, 0.6) is 0 Å². The molecule has 2 N–H and O–H groups in total. The highest BCUT2D eigenvalue weighted by Gasteiger charge is 2.26. The van der Waals surface area contributed by atoms with Crippen LogP contribution in [0.1, 0.15) is 36.0 Å². The fourth-order valence-corrected chi connectivity index (χ4v) is 4.53. The summed E-state index contributed by atoms with van der Waals surface area (Å²) < 4.78 is 0. The van der Waals surface area contributed by atoms with Gasteiger partial charge in [0.1, 0.15) is 5.82 Å². The topological polar surface area (TPSA) is 65.5 Å². The number of carbonyl (C=O) groups is 1. The van der Waals surface area contributed by atoms with Crippen molar-refractivity contribution in [3.05, 3.63) is 42.1 Å². The number of pyridine rings is 1. The van der Waals surface area contributed by atoms with Gasteiger partial charge in [-0.25, -0.2) is 4.98 Å². The average Bonchev–Trinajstić information content (AvgIpc) is 2.73. The highest BCUT2D eigenvalue weighted by molar-refractivity contribution is 7.99. The van der Waals surface area contributed by atoms with Crippen LogP contribution in [0.25, 0.3) is 0 Å². The van der Waals surface area contributed by atoms with Crippen LogP contribution < -0.4 is 10.2 Å². The van der Waals surface area contributed by atoms with Gasteiger partial charge in [0.15, 0.2) is 0 Å². The maximum absolute atomic E-state index is 12.7. The van der Waals surface area contributed by atoms with Crippen LogP contribution >= 0.6 is 11.8 Å². The third-order valence-electron chi connectivity index (χ3n) is 4.90. The highest BCUT2D eigenvalue weighted by atomic mass is 32.2. The van der Waals surface area contributed by atoms with E-state index < -0.39 is 0 Å². The molecule has 1 amide bonds. The van der Waals surface area contributed by atoms with E-state index in [1.165, 1.54) is 0 Å². The van der Waals surface area contributed by atoms with Crippen LogP contribution in [0.2, 0.25) is 0 Å². The second-order valence-corrected chi connectivity index (χ2v) is 7.73. The molecule has 4 rings (SSSR count). The van der Waals surface area contributed by atoms with E-state index in [4.69, 9.17) is 0 Å². The molecule has 0 atom stereocenters.